The SMILES string of the molecule is CCN1C(=O)/C(=C/c2cn(Cc3ccc(Cl)cc3Cl)c3ccccc23)SC1=Nc1ccc(C(=O)O)cc1. The molecule has 3 aromatic carbocycles. The number of carboxylic acids is 1. The van der Waals surface area contributed by atoms with E-state index in [-0.39, 0.29) is 11.5 Å². The van der Waals surface area contributed by atoms with Gasteiger partial charge in [-0.2, -0.15) is 0 Å². The van der Waals surface area contributed by atoms with Gasteiger partial charge in [0.25, 0.3) is 5.91 Å². The van der Waals surface area contributed by atoms with E-state index in [4.69, 9.17) is 28.3 Å². The lowest BCUT2D eigenvalue weighted by atomic mass is 10.1. The first kappa shape index (κ1) is 25.1. The number of halogens is 2. The smallest absolute Gasteiger partial charge is 0.335 e. The summed E-state index contributed by atoms with van der Waals surface area (Å²) in [5.74, 6) is -1.12. The van der Waals surface area contributed by atoms with Gasteiger partial charge in [-0.25, -0.2) is 9.79 Å². The highest BCUT2D eigenvalue weighted by Gasteiger charge is 2.32. The van der Waals surface area contributed by atoms with Gasteiger partial charge in [-0.05, 0) is 72.8 Å². The number of thioether (sulfide) groups is 1. The fraction of sp³-hybridized carbons (Fsp3) is 0.107. The second kappa shape index (κ2) is 10.5. The minimum absolute atomic E-state index is 0.119. The van der Waals surface area contributed by atoms with Crippen molar-refractivity contribution in [2.45, 2.75) is 13.5 Å². The predicted molar refractivity (Wildman–Crippen MR) is 151 cm³/mol. The lowest BCUT2D eigenvalue weighted by molar-refractivity contribution is -0.122. The lowest BCUT2D eigenvalue weighted by Crippen LogP contribution is -2.28. The van der Waals surface area contributed by atoms with Gasteiger partial charge in [-0.15, -0.1) is 0 Å². The van der Waals surface area contributed by atoms with E-state index in [1.807, 2.05) is 55.6 Å². The number of amides is 1. The van der Waals surface area contributed by atoms with Crippen LogP contribution in [0.4, 0.5) is 5.69 Å². The van der Waals surface area contributed by atoms with Gasteiger partial charge in [-0.1, -0.05) is 47.5 Å². The minimum Gasteiger partial charge on any atom is -0.478 e. The molecule has 0 radical (unpaired) electrons. The summed E-state index contributed by atoms with van der Waals surface area (Å²) < 4.78 is 2.11. The van der Waals surface area contributed by atoms with Crippen molar-refractivity contribution >= 4 is 74.7 Å². The average molecular weight is 550 g/mol. The fourth-order valence-electron chi connectivity index (χ4n) is 4.15. The van der Waals surface area contributed by atoms with Crippen molar-refractivity contribution in [3.05, 3.63) is 105 Å². The van der Waals surface area contributed by atoms with E-state index < -0.39 is 5.97 Å². The van der Waals surface area contributed by atoms with E-state index in [0.717, 1.165) is 22.0 Å². The van der Waals surface area contributed by atoms with Crippen LogP contribution in [0.2, 0.25) is 10.0 Å². The van der Waals surface area contributed by atoms with Crippen LogP contribution in [0, 0.1) is 0 Å². The Morgan fingerprint density at radius 2 is 1.84 bits per heavy atom. The summed E-state index contributed by atoms with van der Waals surface area (Å²) in [6, 6.07) is 19.7. The van der Waals surface area contributed by atoms with Crippen LogP contribution in [0.1, 0.15) is 28.4 Å². The summed E-state index contributed by atoms with van der Waals surface area (Å²) in [4.78, 5) is 31.2. The van der Waals surface area contributed by atoms with Gasteiger partial charge >= 0.3 is 5.97 Å². The topological polar surface area (TPSA) is 74.9 Å². The number of fused-ring (bicyclic) bond motifs is 1. The molecule has 186 valence electrons. The average Bonchev–Trinajstić information content (AvgIpc) is 3.37. The second-order valence-corrected chi connectivity index (χ2v) is 10.2. The maximum absolute atomic E-state index is 13.2. The zero-order valence-corrected chi connectivity index (χ0v) is 22.0. The van der Waals surface area contributed by atoms with Crippen LogP contribution in [0.3, 0.4) is 0 Å². The van der Waals surface area contributed by atoms with Gasteiger partial charge in [-0.3, -0.25) is 9.69 Å². The fourth-order valence-corrected chi connectivity index (χ4v) is 5.68. The van der Waals surface area contributed by atoms with E-state index in [1.165, 1.54) is 23.9 Å². The van der Waals surface area contributed by atoms with E-state index in [0.29, 0.717) is 38.9 Å². The predicted octanol–water partition coefficient (Wildman–Crippen LogP) is 7.32. The summed E-state index contributed by atoms with van der Waals surface area (Å²) in [6.45, 7) is 2.92. The third kappa shape index (κ3) is 5.16. The maximum Gasteiger partial charge on any atom is 0.335 e. The molecular weight excluding hydrogens is 529 g/mol. The molecule has 0 spiro atoms. The Morgan fingerprint density at radius 3 is 2.54 bits per heavy atom. The summed E-state index contributed by atoms with van der Waals surface area (Å²) in [7, 11) is 0. The Morgan fingerprint density at radius 1 is 1.08 bits per heavy atom. The standard InChI is InChI=1S/C28H21Cl2N3O3S/c1-2-33-26(34)25(37-28(33)31-21-11-8-17(9-12-21)27(35)36)13-19-16-32(24-6-4-3-5-22(19)24)15-18-7-10-20(29)14-23(18)30/h3-14,16H,2,15H2,1H3,(H,35,36)/b25-13-,31-28?. The summed E-state index contributed by atoms with van der Waals surface area (Å²) in [5.41, 5.74) is 3.65. The number of para-hydroxylation sites is 1. The second-order valence-electron chi connectivity index (χ2n) is 8.37. The number of carboxylic acid groups (broad SMARTS) is 1. The third-order valence-corrected chi connectivity index (χ3v) is 7.60. The highest BCUT2D eigenvalue weighted by molar-refractivity contribution is 8.18. The molecule has 1 saturated heterocycles. The molecule has 37 heavy (non-hydrogen) atoms. The molecule has 0 atom stereocenters. The highest BCUT2D eigenvalue weighted by atomic mass is 35.5. The number of aliphatic imine (C=N–C) groups is 1. The Kier molecular flexibility index (Phi) is 7.11. The van der Waals surface area contributed by atoms with Gasteiger partial charge in [0.1, 0.15) is 0 Å². The van der Waals surface area contributed by atoms with Gasteiger partial charge in [0.2, 0.25) is 0 Å². The van der Waals surface area contributed by atoms with Crippen molar-refractivity contribution < 1.29 is 14.7 Å². The molecule has 0 unspecified atom stereocenters. The van der Waals surface area contributed by atoms with E-state index >= 15 is 0 Å². The zero-order chi connectivity index (χ0) is 26.1. The van der Waals surface area contributed by atoms with Crippen molar-refractivity contribution in [2.75, 3.05) is 6.54 Å². The van der Waals surface area contributed by atoms with Crippen molar-refractivity contribution in [1.29, 1.82) is 0 Å². The molecule has 1 aromatic heterocycles. The van der Waals surface area contributed by atoms with Crippen LogP contribution >= 0.6 is 35.0 Å². The van der Waals surface area contributed by atoms with Gasteiger partial charge in [0.05, 0.1) is 16.2 Å². The molecule has 4 aromatic rings. The third-order valence-electron chi connectivity index (χ3n) is 6.01. The van der Waals surface area contributed by atoms with Crippen LogP contribution in [0.5, 0.6) is 0 Å². The number of aromatic nitrogens is 1. The first-order valence-electron chi connectivity index (χ1n) is 11.5. The van der Waals surface area contributed by atoms with Gasteiger partial charge < -0.3 is 9.67 Å². The monoisotopic (exact) mass is 549 g/mol. The number of hydrogen-bond acceptors (Lipinski definition) is 4. The van der Waals surface area contributed by atoms with Gasteiger partial charge in [0, 0.05) is 45.8 Å². The minimum atomic E-state index is -0.998. The van der Waals surface area contributed by atoms with E-state index in [2.05, 4.69) is 9.56 Å². The lowest BCUT2D eigenvalue weighted by Gasteiger charge is -2.12. The molecule has 0 bridgehead atoms. The largest absolute Gasteiger partial charge is 0.478 e. The number of likely N-dealkylation sites (N-methyl/N-ethyl adjacent to an activating group) is 1. The number of carbonyl (C=O) groups excluding carboxylic acids is 1. The van der Waals surface area contributed by atoms with Crippen molar-refractivity contribution in [1.82, 2.24) is 9.47 Å². The Labute approximate surface area is 227 Å². The number of amidine groups is 1. The molecule has 0 aliphatic carbocycles. The molecule has 9 heteroatoms. The van der Waals surface area contributed by atoms with Crippen LogP contribution in [-0.4, -0.2) is 38.2 Å². The number of nitrogens with zero attached hydrogens (tertiary/aromatic N) is 3. The first-order valence-corrected chi connectivity index (χ1v) is 13.1. The molecule has 0 saturated carbocycles. The number of rotatable bonds is 6. The van der Waals surface area contributed by atoms with Crippen molar-refractivity contribution in [2.24, 2.45) is 4.99 Å². The van der Waals surface area contributed by atoms with Crippen molar-refractivity contribution in [3.8, 4) is 0 Å². The first-order chi connectivity index (χ1) is 17.8. The molecular formula is C28H21Cl2N3O3S. The molecule has 1 amide bonds. The van der Waals surface area contributed by atoms with Gasteiger partial charge in [0.15, 0.2) is 5.17 Å². The van der Waals surface area contributed by atoms with Crippen molar-refractivity contribution in [3.63, 3.8) is 0 Å². The Bertz CT molecular complexity index is 1590. The highest BCUT2D eigenvalue weighted by Crippen LogP contribution is 2.36. The molecule has 5 rings (SSSR count). The summed E-state index contributed by atoms with van der Waals surface area (Å²) in [5, 5.41) is 11.9. The molecule has 1 N–H and O–H groups in total. The van der Waals surface area contributed by atoms with E-state index in [9.17, 15) is 9.59 Å². The molecule has 1 fully saturated rings. The number of aromatic carboxylic acids is 1. The Hall–Kier alpha value is -3.52. The Balaban J connectivity index is 1.49. The van der Waals surface area contributed by atoms with Crippen LogP contribution in [0.15, 0.2) is 82.8 Å². The van der Waals surface area contributed by atoms with Crippen LogP contribution in [-0.2, 0) is 11.3 Å². The maximum atomic E-state index is 13.2. The van der Waals surface area contributed by atoms with Crippen LogP contribution in [0.25, 0.3) is 17.0 Å². The van der Waals surface area contributed by atoms with Crippen LogP contribution < -0.4 is 0 Å². The molecule has 1 aliphatic rings. The number of hydrogen-bond donors (Lipinski definition) is 1. The normalized spacial score (nSPS) is 15.9. The quantitative estimate of drug-likeness (QED) is 0.255. The molecule has 1 aliphatic heterocycles. The summed E-state index contributed by atoms with van der Waals surface area (Å²) >= 11 is 13.8. The number of carbonyl (C=O) groups is 2. The number of benzene rings is 3. The van der Waals surface area contributed by atoms with E-state index in [1.54, 1.807) is 23.1 Å². The summed E-state index contributed by atoms with van der Waals surface area (Å²) in [6.07, 6.45) is 3.92. The molecule has 6 nitrogen and oxygen atoms in total. The molecule has 2 heterocycles. The zero-order valence-electron chi connectivity index (χ0n) is 19.7.